The number of rotatable bonds is 6. The van der Waals surface area contributed by atoms with Gasteiger partial charge in [-0.15, -0.1) is 10.2 Å². The van der Waals surface area contributed by atoms with Crippen LogP contribution in [0.3, 0.4) is 0 Å². The molecule has 0 aliphatic carbocycles. The molecule has 1 aromatic carbocycles. The fraction of sp³-hybridized carbons (Fsp3) is 0.545. The predicted octanol–water partition coefficient (Wildman–Crippen LogP) is 1.36. The van der Waals surface area contributed by atoms with Crippen molar-refractivity contribution in [2.75, 3.05) is 40.0 Å². The number of carbonyl (C=O) groups is 2. The number of hydrogen-bond acceptors (Lipinski definition) is 6. The number of methoxy groups -OCH3 is 1. The van der Waals surface area contributed by atoms with Crippen LogP contribution in [0.5, 0.6) is 5.75 Å². The zero-order valence-electron chi connectivity index (χ0n) is 18.1. The van der Waals surface area contributed by atoms with E-state index in [1.165, 1.54) is 7.11 Å². The lowest BCUT2D eigenvalue weighted by molar-refractivity contribution is -0.136. The molecule has 0 N–H and O–H groups in total. The summed E-state index contributed by atoms with van der Waals surface area (Å²) in [5.74, 6) is 2.49. The van der Waals surface area contributed by atoms with E-state index in [2.05, 4.69) is 14.8 Å². The SMILES string of the molecule is COCC(=O)N1CCCC(c2nnc3n2CCN(C(=O)COc2cccc(C)c2)C3)C1. The van der Waals surface area contributed by atoms with Crippen LogP contribution in [-0.4, -0.2) is 76.3 Å². The maximum atomic E-state index is 12.6. The summed E-state index contributed by atoms with van der Waals surface area (Å²) in [6, 6.07) is 7.67. The standard InChI is InChI=1S/C22H29N5O4/c1-16-5-3-7-18(11-16)31-15-21(29)26-9-10-27-19(13-26)23-24-22(27)17-6-4-8-25(12-17)20(28)14-30-2/h3,5,7,11,17H,4,6,8-10,12-15H2,1-2H3. The van der Waals surface area contributed by atoms with Gasteiger partial charge in [0.05, 0.1) is 6.54 Å². The molecule has 1 saturated heterocycles. The third-order valence-corrected chi connectivity index (χ3v) is 5.89. The van der Waals surface area contributed by atoms with Gasteiger partial charge in [0.25, 0.3) is 5.91 Å². The highest BCUT2D eigenvalue weighted by Gasteiger charge is 2.31. The van der Waals surface area contributed by atoms with Crippen molar-refractivity contribution in [1.29, 1.82) is 0 Å². The monoisotopic (exact) mass is 427 g/mol. The van der Waals surface area contributed by atoms with E-state index in [1.807, 2.05) is 36.1 Å². The third kappa shape index (κ3) is 4.87. The lowest BCUT2D eigenvalue weighted by Crippen LogP contribution is -2.43. The van der Waals surface area contributed by atoms with Gasteiger partial charge in [0.15, 0.2) is 12.4 Å². The minimum Gasteiger partial charge on any atom is -0.484 e. The molecule has 0 bridgehead atoms. The summed E-state index contributed by atoms with van der Waals surface area (Å²) in [7, 11) is 1.53. The first-order valence-corrected chi connectivity index (χ1v) is 10.7. The van der Waals surface area contributed by atoms with Crippen LogP contribution in [0, 0.1) is 6.92 Å². The summed E-state index contributed by atoms with van der Waals surface area (Å²) < 4.78 is 12.8. The van der Waals surface area contributed by atoms with Crippen molar-refractivity contribution < 1.29 is 19.1 Å². The van der Waals surface area contributed by atoms with Crippen LogP contribution in [0.15, 0.2) is 24.3 Å². The van der Waals surface area contributed by atoms with Gasteiger partial charge in [-0.3, -0.25) is 9.59 Å². The summed E-state index contributed by atoms with van der Waals surface area (Å²) in [5.41, 5.74) is 1.09. The molecule has 3 heterocycles. The van der Waals surface area contributed by atoms with Gasteiger partial charge in [0, 0.05) is 39.2 Å². The molecule has 1 aromatic heterocycles. The van der Waals surface area contributed by atoms with Crippen LogP contribution in [0.25, 0.3) is 0 Å². The molecule has 1 unspecified atom stereocenters. The number of likely N-dealkylation sites (tertiary alicyclic amines) is 1. The Hall–Kier alpha value is -2.94. The number of hydrogen-bond donors (Lipinski definition) is 0. The van der Waals surface area contributed by atoms with Gasteiger partial charge in [-0.25, -0.2) is 0 Å². The van der Waals surface area contributed by atoms with E-state index in [1.54, 1.807) is 4.90 Å². The van der Waals surface area contributed by atoms with Gasteiger partial charge in [-0.2, -0.15) is 0 Å². The molecule has 2 aliphatic heterocycles. The van der Waals surface area contributed by atoms with E-state index < -0.39 is 0 Å². The van der Waals surface area contributed by atoms with Crippen LogP contribution in [0.4, 0.5) is 0 Å². The maximum Gasteiger partial charge on any atom is 0.260 e. The zero-order valence-corrected chi connectivity index (χ0v) is 18.1. The molecule has 0 radical (unpaired) electrons. The van der Waals surface area contributed by atoms with Crippen molar-refractivity contribution in [2.45, 2.75) is 38.8 Å². The molecule has 0 saturated carbocycles. The Labute approximate surface area is 181 Å². The first kappa shape index (κ1) is 21.3. The van der Waals surface area contributed by atoms with Gasteiger partial charge in [0.1, 0.15) is 18.2 Å². The number of benzene rings is 1. The smallest absolute Gasteiger partial charge is 0.260 e. The van der Waals surface area contributed by atoms with Crippen molar-refractivity contribution in [1.82, 2.24) is 24.6 Å². The van der Waals surface area contributed by atoms with Crippen LogP contribution in [0.1, 0.15) is 36.0 Å². The van der Waals surface area contributed by atoms with Crippen LogP contribution >= 0.6 is 0 Å². The number of aryl methyl sites for hydroxylation is 1. The second-order valence-corrected chi connectivity index (χ2v) is 8.16. The van der Waals surface area contributed by atoms with E-state index in [0.29, 0.717) is 31.9 Å². The molecule has 9 heteroatoms. The largest absolute Gasteiger partial charge is 0.484 e. The van der Waals surface area contributed by atoms with E-state index in [0.717, 1.165) is 36.6 Å². The molecule has 1 fully saturated rings. The Morgan fingerprint density at radius 1 is 1.10 bits per heavy atom. The second-order valence-electron chi connectivity index (χ2n) is 8.16. The lowest BCUT2D eigenvalue weighted by atomic mass is 9.97. The average Bonchev–Trinajstić information content (AvgIpc) is 3.21. The predicted molar refractivity (Wildman–Crippen MR) is 113 cm³/mol. The Kier molecular flexibility index (Phi) is 6.50. The molecule has 9 nitrogen and oxygen atoms in total. The number of aromatic nitrogens is 3. The maximum absolute atomic E-state index is 12.6. The average molecular weight is 428 g/mol. The molecule has 0 spiro atoms. The van der Waals surface area contributed by atoms with Crippen molar-refractivity contribution in [3.8, 4) is 5.75 Å². The van der Waals surface area contributed by atoms with Crippen molar-refractivity contribution in [2.24, 2.45) is 0 Å². The first-order valence-electron chi connectivity index (χ1n) is 10.7. The minimum absolute atomic E-state index is 0.00361. The van der Waals surface area contributed by atoms with Gasteiger partial charge in [0.2, 0.25) is 5.91 Å². The fourth-order valence-electron chi connectivity index (χ4n) is 4.27. The highest BCUT2D eigenvalue weighted by molar-refractivity contribution is 5.78. The van der Waals surface area contributed by atoms with E-state index in [4.69, 9.17) is 9.47 Å². The van der Waals surface area contributed by atoms with Crippen LogP contribution in [-0.2, 0) is 27.4 Å². The lowest BCUT2D eigenvalue weighted by Gasteiger charge is -2.33. The van der Waals surface area contributed by atoms with E-state index >= 15 is 0 Å². The van der Waals surface area contributed by atoms with Gasteiger partial charge >= 0.3 is 0 Å². The molecular weight excluding hydrogens is 398 g/mol. The molecule has 2 aromatic rings. The summed E-state index contributed by atoms with van der Waals surface area (Å²) in [6.07, 6.45) is 1.91. The highest BCUT2D eigenvalue weighted by atomic mass is 16.5. The highest BCUT2D eigenvalue weighted by Crippen LogP contribution is 2.27. The Morgan fingerprint density at radius 3 is 2.74 bits per heavy atom. The second kappa shape index (κ2) is 9.47. The summed E-state index contributed by atoms with van der Waals surface area (Å²) in [6.45, 7) is 5.14. The number of carbonyl (C=O) groups excluding carboxylic acids is 2. The normalized spacial score (nSPS) is 18.6. The van der Waals surface area contributed by atoms with Crippen molar-refractivity contribution >= 4 is 11.8 Å². The zero-order chi connectivity index (χ0) is 21.8. The third-order valence-electron chi connectivity index (χ3n) is 5.89. The molecular formula is C22H29N5O4. The van der Waals surface area contributed by atoms with Crippen molar-refractivity contribution in [3.63, 3.8) is 0 Å². The number of piperidine rings is 1. The van der Waals surface area contributed by atoms with Crippen LogP contribution in [0.2, 0.25) is 0 Å². The van der Waals surface area contributed by atoms with Gasteiger partial charge in [-0.1, -0.05) is 12.1 Å². The number of ether oxygens (including phenoxy) is 2. The number of nitrogens with zero attached hydrogens (tertiary/aromatic N) is 5. The molecule has 31 heavy (non-hydrogen) atoms. The molecule has 1 atom stereocenters. The first-order chi connectivity index (χ1) is 15.0. The minimum atomic E-state index is -0.0636. The number of fused-ring (bicyclic) bond motifs is 1. The molecule has 2 amide bonds. The molecule has 4 rings (SSSR count). The van der Waals surface area contributed by atoms with Gasteiger partial charge in [-0.05, 0) is 37.5 Å². The van der Waals surface area contributed by atoms with Crippen LogP contribution < -0.4 is 4.74 Å². The van der Waals surface area contributed by atoms with E-state index in [9.17, 15) is 9.59 Å². The van der Waals surface area contributed by atoms with E-state index in [-0.39, 0.29) is 30.9 Å². The summed E-state index contributed by atoms with van der Waals surface area (Å²) in [5, 5.41) is 8.78. The Bertz CT molecular complexity index is 944. The molecule has 2 aliphatic rings. The Balaban J connectivity index is 1.36. The number of amides is 2. The Morgan fingerprint density at radius 2 is 1.94 bits per heavy atom. The van der Waals surface area contributed by atoms with Crippen molar-refractivity contribution in [3.05, 3.63) is 41.5 Å². The topological polar surface area (TPSA) is 89.8 Å². The van der Waals surface area contributed by atoms with Gasteiger partial charge < -0.3 is 23.8 Å². The summed E-state index contributed by atoms with van der Waals surface area (Å²) >= 11 is 0. The summed E-state index contributed by atoms with van der Waals surface area (Å²) in [4.78, 5) is 28.5. The molecule has 166 valence electrons. The fourth-order valence-corrected chi connectivity index (χ4v) is 4.27. The quantitative estimate of drug-likeness (QED) is 0.692.